The van der Waals surface area contributed by atoms with E-state index in [1.54, 1.807) is 45.0 Å². The number of ether oxygens (including phenoxy) is 1. The third kappa shape index (κ3) is 4.31. The second kappa shape index (κ2) is 5.93. The number of esters is 1. The standard InChI is InChI=1S/C14H18BrNO4/c1-13(2,3)20-12(19)14(16,8-11(17)18)9-5-4-6-10(15)7-9/h4-7H,8,16H2,1-3H3,(H,17,18). The smallest absolute Gasteiger partial charge is 0.331 e. The number of rotatable bonds is 4. The maximum atomic E-state index is 12.3. The Kier molecular flexibility index (Phi) is 4.94. The molecule has 0 aliphatic carbocycles. The molecule has 0 amide bonds. The third-order valence-electron chi connectivity index (χ3n) is 2.53. The van der Waals surface area contributed by atoms with Crippen LogP contribution in [0.25, 0.3) is 0 Å². The van der Waals surface area contributed by atoms with Crippen molar-refractivity contribution < 1.29 is 19.4 Å². The minimum absolute atomic E-state index is 0.392. The van der Waals surface area contributed by atoms with Gasteiger partial charge in [0.2, 0.25) is 0 Å². The maximum absolute atomic E-state index is 12.3. The van der Waals surface area contributed by atoms with Gasteiger partial charge in [-0.3, -0.25) is 4.79 Å². The average molecular weight is 344 g/mol. The van der Waals surface area contributed by atoms with Gasteiger partial charge in [0.1, 0.15) is 5.60 Å². The summed E-state index contributed by atoms with van der Waals surface area (Å²) in [7, 11) is 0. The number of carbonyl (C=O) groups is 2. The Hall–Kier alpha value is -1.40. The van der Waals surface area contributed by atoms with Gasteiger partial charge in [0.05, 0.1) is 6.42 Å². The van der Waals surface area contributed by atoms with Crippen molar-refractivity contribution in [2.75, 3.05) is 0 Å². The van der Waals surface area contributed by atoms with Gasteiger partial charge in [-0.1, -0.05) is 28.1 Å². The fourth-order valence-corrected chi connectivity index (χ4v) is 2.06. The highest BCUT2D eigenvalue weighted by Crippen LogP contribution is 2.28. The molecule has 0 saturated heterocycles. The van der Waals surface area contributed by atoms with Crippen LogP contribution in [0, 0.1) is 0 Å². The Morgan fingerprint density at radius 1 is 1.35 bits per heavy atom. The Bertz CT molecular complexity index is 524. The van der Waals surface area contributed by atoms with E-state index in [1.807, 2.05) is 0 Å². The van der Waals surface area contributed by atoms with Crippen LogP contribution in [0.3, 0.4) is 0 Å². The molecule has 1 aromatic rings. The van der Waals surface area contributed by atoms with Crippen molar-refractivity contribution in [2.24, 2.45) is 5.73 Å². The zero-order valence-corrected chi connectivity index (χ0v) is 13.2. The summed E-state index contributed by atoms with van der Waals surface area (Å²) in [6, 6.07) is 6.68. The van der Waals surface area contributed by atoms with Crippen LogP contribution in [0.2, 0.25) is 0 Å². The fraction of sp³-hybridized carbons (Fsp3) is 0.429. The van der Waals surface area contributed by atoms with Gasteiger partial charge in [0, 0.05) is 4.47 Å². The quantitative estimate of drug-likeness (QED) is 0.819. The number of aliphatic carboxylic acids is 1. The molecule has 110 valence electrons. The molecule has 0 radical (unpaired) electrons. The Balaban J connectivity index is 3.22. The monoisotopic (exact) mass is 343 g/mol. The molecule has 0 fully saturated rings. The van der Waals surface area contributed by atoms with Gasteiger partial charge in [-0.2, -0.15) is 0 Å². The molecule has 0 bridgehead atoms. The second-order valence-corrected chi connectivity index (χ2v) is 6.47. The third-order valence-corrected chi connectivity index (χ3v) is 3.03. The molecule has 3 N–H and O–H groups in total. The summed E-state index contributed by atoms with van der Waals surface area (Å²) in [6.07, 6.45) is -0.543. The molecule has 0 heterocycles. The molecule has 1 aromatic carbocycles. The summed E-state index contributed by atoms with van der Waals surface area (Å²) < 4.78 is 5.96. The van der Waals surface area contributed by atoms with E-state index in [0.717, 1.165) is 0 Å². The van der Waals surface area contributed by atoms with E-state index < -0.39 is 29.5 Å². The first-order valence-corrected chi connectivity index (χ1v) is 6.84. The first-order chi connectivity index (χ1) is 9.04. The zero-order chi connectivity index (χ0) is 15.6. The Labute approximate surface area is 126 Å². The maximum Gasteiger partial charge on any atom is 0.331 e. The van der Waals surface area contributed by atoms with E-state index in [1.165, 1.54) is 0 Å². The molecule has 0 aliphatic heterocycles. The molecule has 1 rings (SSSR count). The van der Waals surface area contributed by atoms with Crippen molar-refractivity contribution in [3.63, 3.8) is 0 Å². The fourth-order valence-electron chi connectivity index (χ4n) is 1.67. The summed E-state index contributed by atoms with van der Waals surface area (Å²) in [5.41, 5.74) is 3.99. The minimum Gasteiger partial charge on any atom is -0.481 e. The zero-order valence-electron chi connectivity index (χ0n) is 11.6. The van der Waals surface area contributed by atoms with Crippen LogP contribution >= 0.6 is 15.9 Å². The number of carbonyl (C=O) groups excluding carboxylic acids is 1. The first kappa shape index (κ1) is 16.7. The SMILES string of the molecule is CC(C)(C)OC(=O)C(N)(CC(=O)O)c1cccc(Br)c1. The molecular formula is C14H18BrNO4. The first-order valence-electron chi connectivity index (χ1n) is 6.05. The van der Waals surface area contributed by atoms with E-state index in [4.69, 9.17) is 15.6 Å². The van der Waals surface area contributed by atoms with Crippen molar-refractivity contribution in [1.82, 2.24) is 0 Å². The van der Waals surface area contributed by atoms with Crippen LogP contribution in [0.1, 0.15) is 32.8 Å². The number of carboxylic acid groups (broad SMARTS) is 1. The van der Waals surface area contributed by atoms with Gasteiger partial charge in [-0.05, 0) is 38.5 Å². The lowest BCUT2D eigenvalue weighted by atomic mass is 9.87. The molecule has 0 aromatic heterocycles. The predicted octanol–water partition coefficient (Wildman–Crippen LogP) is 2.42. The van der Waals surface area contributed by atoms with Gasteiger partial charge in [0.25, 0.3) is 0 Å². The van der Waals surface area contributed by atoms with E-state index in [2.05, 4.69) is 15.9 Å². The molecule has 20 heavy (non-hydrogen) atoms. The van der Waals surface area contributed by atoms with Gasteiger partial charge in [-0.25, -0.2) is 4.79 Å². The summed E-state index contributed by atoms with van der Waals surface area (Å²) >= 11 is 3.28. The van der Waals surface area contributed by atoms with Crippen molar-refractivity contribution in [1.29, 1.82) is 0 Å². The molecule has 6 heteroatoms. The highest BCUT2D eigenvalue weighted by molar-refractivity contribution is 9.10. The molecule has 5 nitrogen and oxygen atoms in total. The molecule has 0 spiro atoms. The van der Waals surface area contributed by atoms with Crippen molar-refractivity contribution in [3.8, 4) is 0 Å². The summed E-state index contributed by atoms with van der Waals surface area (Å²) in [5, 5.41) is 9.03. The van der Waals surface area contributed by atoms with Crippen LogP contribution < -0.4 is 5.73 Å². The van der Waals surface area contributed by atoms with Crippen LogP contribution in [0.15, 0.2) is 28.7 Å². The van der Waals surface area contributed by atoms with Gasteiger partial charge in [-0.15, -0.1) is 0 Å². The molecule has 1 atom stereocenters. The number of hydrogen-bond donors (Lipinski definition) is 2. The van der Waals surface area contributed by atoms with Crippen LogP contribution in [0.5, 0.6) is 0 Å². The highest BCUT2D eigenvalue weighted by atomic mass is 79.9. The number of benzene rings is 1. The lowest BCUT2D eigenvalue weighted by molar-refractivity contribution is -0.165. The normalized spacial score (nSPS) is 14.4. The summed E-state index contributed by atoms with van der Waals surface area (Å²) in [5.74, 6) is -1.93. The van der Waals surface area contributed by atoms with Crippen molar-refractivity contribution in [2.45, 2.75) is 38.3 Å². The molecule has 0 saturated carbocycles. The van der Waals surface area contributed by atoms with Gasteiger partial charge in [0.15, 0.2) is 5.54 Å². The van der Waals surface area contributed by atoms with E-state index in [0.29, 0.717) is 10.0 Å². The van der Waals surface area contributed by atoms with Crippen molar-refractivity contribution in [3.05, 3.63) is 34.3 Å². The summed E-state index contributed by atoms with van der Waals surface area (Å²) in [4.78, 5) is 23.3. The van der Waals surface area contributed by atoms with Gasteiger partial charge >= 0.3 is 11.9 Å². The average Bonchev–Trinajstić information content (AvgIpc) is 2.25. The number of hydrogen-bond acceptors (Lipinski definition) is 4. The van der Waals surface area contributed by atoms with E-state index >= 15 is 0 Å². The lowest BCUT2D eigenvalue weighted by Crippen LogP contribution is -2.49. The number of carboxylic acids is 1. The second-order valence-electron chi connectivity index (χ2n) is 5.55. The van der Waals surface area contributed by atoms with Crippen LogP contribution in [0.4, 0.5) is 0 Å². The van der Waals surface area contributed by atoms with Crippen LogP contribution in [-0.4, -0.2) is 22.6 Å². The number of nitrogens with two attached hydrogens (primary N) is 1. The molecular weight excluding hydrogens is 326 g/mol. The largest absolute Gasteiger partial charge is 0.481 e. The molecule has 0 aliphatic rings. The Morgan fingerprint density at radius 2 is 1.95 bits per heavy atom. The topological polar surface area (TPSA) is 89.6 Å². The number of halogens is 1. The van der Waals surface area contributed by atoms with Crippen LogP contribution in [-0.2, 0) is 19.9 Å². The van der Waals surface area contributed by atoms with Gasteiger partial charge < -0.3 is 15.6 Å². The predicted molar refractivity (Wildman–Crippen MR) is 78.1 cm³/mol. The molecule has 1 unspecified atom stereocenters. The van der Waals surface area contributed by atoms with Crippen molar-refractivity contribution >= 4 is 27.9 Å². The minimum atomic E-state index is -1.72. The van der Waals surface area contributed by atoms with E-state index in [-0.39, 0.29) is 0 Å². The Morgan fingerprint density at radius 3 is 2.40 bits per heavy atom. The summed E-state index contributed by atoms with van der Waals surface area (Å²) in [6.45, 7) is 5.10. The lowest BCUT2D eigenvalue weighted by Gasteiger charge is -2.30. The van der Waals surface area contributed by atoms with E-state index in [9.17, 15) is 9.59 Å². The highest BCUT2D eigenvalue weighted by Gasteiger charge is 2.41.